The van der Waals surface area contributed by atoms with E-state index in [1.807, 2.05) is 30.5 Å². The monoisotopic (exact) mass is 453 g/mol. The summed E-state index contributed by atoms with van der Waals surface area (Å²) in [6.45, 7) is 4.22. The van der Waals surface area contributed by atoms with Crippen LogP contribution in [0.1, 0.15) is 25.6 Å². The van der Waals surface area contributed by atoms with Gasteiger partial charge in [-0.2, -0.15) is 0 Å². The number of carbonyl (C=O) groups excluding carboxylic acids is 1. The van der Waals surface area contributed by atoms with Gasteiger partial charge in [-0.15, -0.1) is 0 Å². The summed E-state index contributed by atoms with van der Waals surface area (Å²) in [4.78, 5) is 25.4. The van der Waals surface area contributed by atoms with Gasteiger partial charge >= 0.3 is 6.09 Å². The Morgan fingerprint density at radius 1 is 1.19 bits per heavy atom. The molecule has 7 nitrogen and oxygen atoms in total. The number of imidazole rings is 1. The number of amides is 1. The summed E-state index contributed by atoms with van der Waals surface area (Å²) in [5.74, 6) is 0.566. The molecular formula is C23H21ClFN5O2. The van der Waals surface area contributed by atoms with Crippen LogP contribution in [0.15, 0.2) is 48.7 Å². The Bertz CT molecular complexity index is 1290. The van der Waals surface area contributed by atoms with Crippen LogP contribution in [0.4, 0.5) is 15.0 Å². The second kappa shape index (κ2) is 9.32. The van der Waals surface area contributed by atoms with Crippen molar-refractivity contribution in [3.05, 3.63) is 65.3 Å². The summed E-state index contributed by atoms with van der Waals surface area (Å²) in [6, 6.07) is 11.7. The SMILES string of the molecule is CCCCOC(=O)Nc1cc(-c2ccc3nc(C)n(-c4ccc(F)c(Cl)c4)c3n2)ccn1. The molecule has 0 saturated heterocycles. The van der Waals surface area contributed by atoms with Crippen LogP contribution in [0.3, 0.4) is 0 Å². The average Bonchev–Trinajstić information content (AvgIpc) is 3.11. The van der Waals surface area contributed by atoms with Crippen molar-refractivity contribution >= 4 is 34.7 Å². The Balaban J connectivity index is 1.67. The number of anilines is 1. The highest BCUT2D eigenvalue weighted by Crippen LogP contribution is 2.27. The van der Waals surface area contributed by atoms with Gasteiger partial charge in [-0.25, -0.2) is 24.1 Å². The molecule has 0 saturated carbocycles. The van der Waals surface area contributed by atoms with Crippen molar-refractivity contribution in [3.8, 4) is 16.9 Å². The first-order valence-electron chi connectivity index (χ1n) is 10.2. The molecule has 0 aliphatic rings. The topological polar surface area (TPSA) is 81.9 Å². The maximum atomic E-state index is 13.6. The van der Waals surface area contributed by atoms with Crippen LogP contribution in [0.25, 0.3) is 28.1 Å². The molecule has 4 aromatic rings. The molecule has 1 aromatic carbocycles. The summed E-state index contributed by atoms with van der Waals surface area (Å²) in [7, 11) is 0. The van der Waals surface area contributed by atoms with Gasteiger partial charge in [0.25, 0.3) is 0 Å². The second-order valence-electron chi connectivity index (χ2n) is 7.18. The number of unbranched alkanes of at least 4 members (excludes halogenated alkanes) is 1. The number of nitrogens with zero attached hydrogens (tertiary/aromatic N) is 4. The molecule has 0 radical (unpaired) electrons. The van der Waals surface area contributed by atoms with Crippen LogP contribution < -0.4 is 5.32 Å². The van der Waals surface area contributed by atoms with E-state index in [1.165, 1.54) is 12.1 Å². The minimum absolute atomic E-state index is 0.0237. The number of ether oxygens (including phenoxy) is 1. The summed E-state index contributed by atoms with van der Waals surface area (Å²) in [6.07, 6.45) is 2.78. The minimum Gasteiger partial charge on any atom is -0.449 e. The van der Waals surface area contributed by atoms with E-state index in [-0.39, 0.29) is 5.02 Å². The van der Waals surface area contributed by atoms with Crippen LogP contribution in [0, 0.1) is 12.7 Å². The zero-order chi connectivity index (χ0) is 22.7. The molecule has 0 unspecified atom stereocenters. The fourth-order valence-electron chi connectivity index (χ4n) is 3.27. The zero-order valence-corrected chi connectivity index (χ0v) is 18.4. The molecule has 0 bridgehead atoms. The number of aromatic nitrogens is 4. The van der Waals surface area contributed by atoms with E-state index in [4.69, 9.17) is 21.3 Å². The van der Waals surface area contributed by atoms with Crippen molar-refractivity contribution < 1.29 is 13.9 Å². The highest BCUT2D eigenvalue weighted by Gasteiger charge is 2.14. The number of nitrogens with one attached hydrogen (secondary N) is 1. The van der Waals surface area contributed by atoms with Gasteiger partial charge in [0.2, 0.25) is 0 Å². The van der Waals surface area contributed by atoms with Crippen LogP contribution in [0.2, 0.25) is 5.02 Å². The fraction of sp³-hybridized carbons (Fsp3) is 0.217. The van der Waals surface area contributed by atoms with E-state index in [0.29, 0.717) is 40.8 Å². The standard InChI is InChI=1S/C23H21ClFN5O2/c1-3-4-11-32-23(31)29-21-12-15(9-10-26-21)19-7-8-20-22(28-19)30(14(2)27-20)16-5-6-18(25)17(24)13-16/h5-10,12-13H,3-4,11H2,1-2H3,(H,26,29,31). The molecule has 32 heavy (non-hydrogen) atoms. The number of hydrogen-bond acceptors (Lipinski definition) is 5. The molecule has 0 spiro atoms. The summed E-state index contributed by atoms with van der Waals surface area (Å²) in [5.41, 5.74) is 3.38. The molecule has 3 heterocycles. The average molecular weight is 454 g/mol. The third-order valence-corrected chi connectivity index (χ3v) is 5.14. The molecule has 1 amide bonds. The van der Waals surface area contributed by atoms with E-state index in [2.05, 4.69) is 15.3 Å². The number of carbonyl (C=O) groups is 1. The Morgan fingerprint density at radius 3 is 2.81 bits per heavy atom. The Hall–Kier alpha value is -3.52. The maximum Gasteiger partial charge on any atom is 0.412 e. The third-order valence-electron chi connectivity index (χ3n) is 4.85. The molecule has 1 N–H and O–H groups in total. The summed E-state index contributed by atoms with van der Waals surface area (Å²) >= 11 is 5.98. The van der Waals surface area contributed by atoms with E-state index in [0.717, 1.165) is 18.4 Å². The van der Waals surface area contributed by atoms with Crippen molar-refractivity contribution in [1.29, 1.82) is 0 Å². The van der Waals surface area contributed by atoms with E-state index in [1.54, 1.807) is 24.4 Å². The van der Waals surface area contributed by atoms with Crippen molar-refractivity contribution in [1.82, 2.24) is 19.5 Å². The maximum absolute atomic E-state index is 13.6. The highest BCUT2D eigenvalue weighted by atomic mass is 35.5. The van der Waals surface area contributed by atoms with Crippen molar-refractivity contribution in [2.75, 3.05) is 11.9 Å². The summed E-state index contributed by atoms with van der Waals surface area (Å²) < 4.78 is 20.6. The predicted molar refractivity (Wildman–Crippen MR) is 122 cm³/mol. The van der Waals surface area contributed by atoms with Gasteiger partial charge in [0, 0.05) is 11.8 Å². The molecular weight excluding hydrogens is 433 g/mol. The van der Waals surface area contributed by atoms with E-state index < -0.39 is 11.9 Å². The smallest absolute Gasteiger partial charge is 0.412 e. The molecule has 4 rings (SSSR count). The lowest BCUT2D eigenvalue weighted by atomic mass is 10.1. The largest absolute Gasteiger partial charge is 0.449 e. The van der Waals surface area contributed by atoms with Crippen LogP contribution in [-0.2, 0) is 4.74 Å². The Labute approximate surface area is 189 Å². The van der Waals surface area contributed by atoms with Gasteiger partial charge in [-0.05, 0) is 55.8 Å². The van der Waals surface area contributed by atoms with Crippen molar-refractivity contribution in [3.63, 3.8) is 0 Å². The number of aryl methyl sites for hydroxylation is 1. The van der Waals surface area contributed by atoms with Crippen LogP contribution in [-0.4, -0.2) is 32.2 Å². The molecule has 9 heteroatoms. The Kier molecular flexibility index (Phi) is 6.32. The Morgan fingerprint density at radius 2 is 2.03 bits per heavy atom. The van der Waals surface area contributed by atoms with Gasteiger partial charge in [0.1, 0.15) is 23.0 Å². The van der Waals surface area contributed by atoms with Crippen LogP contribution in [0.5, 0.6) is 0 Å². The van der Waals surface area contributed by atoms with Crippen molar-refractivity contribution in [2.45, 2.75) is 26.7 Å². The molecule has 3 aromatic heterocycles. The number of halogens is 2. The first-order valence-corrected chi connectivity index (χ1v) is 10.6. The van der Waals surface area contributed by atoms with Gasteiger partial charge in [0.05, 0.1) is 23.0 Å². The molecule has 0 fully saturated rings. The lowest BCUT2D eigenvalue weighted by molar-refractivity contribution is 0.160. The number of pyridine rings is 2. The fourth-order valence-corrected chi connectivity index (χ4v) is 3.45. The van der Waals surface area contributed by atoms with Gasteiger partial charge < -0.3 is 4.74 Å². The number of rotatable bonds is 6. The first kappa shape index (κ1) is 21.7. The summed E-state index contributed by atoms with van der Waals surface area (Å²) in [5, 5.41) is 2.66. The first-order chi connectivity index (χ1) is 15.5. The van der Waals surface area contributed by atoms with Crippen LogP contribution >= 0.6 is 11.6 Å². The normalized spacial score (nSPS) is 11.0. The predicted octanol–water partition coefficient (Wildman–Crippen LogP) is 5.93. The lowest BCUT2D eigenvalue weighted by Crippen LogP contribution is -2.15. The van der Waals surface area contributed by atoms with Gasteiger partial charge in [-0.3, -0.25) is 9.88 Å². The van der Waals surface area contributed by atoms with E-state index >= 15 is 0 Å². The van der Waals surface area contributed by atoms with E-state index in [9.17, 15) is 9.18 Å². The second-order valence-corrected chi connectivity index (χ2v) is 7.58. The van der Waals surface area contributed by atoms with Gasteiger partial charge in [0.15, 0.2) is 5.65 Å². The van der Waals surface area contributed by atoms with Crippen molar-refractivity contribution in [2.24, 2.45) is 0 Å². The van der Waals surface area contributed by atoms with Gasteiger partial charge in [-0.1, -0.05) is 24.9 Å². The molecule has 0 aliphatic carbocycles. The quantitative estimate of drug-likeness (QED) is 0.366. The number of fused-ring (bicyclic) bond motifs is 1. The number of benzene rings is 1. The molecule has 0 aliphatic heterocycles. The molecule has 0 atom stereocenters. The zero-order valence-electron chi connectivity index (χ0n) is 17.6. The molecule has 164 valence electrons. The highest BCUT2D eigenvalue weighted by molar-refractivity contribution is 6.30. The minimum atomic E-state index is -0.548. The number of hydrogen-bond donors (Lipinski definition) is 1. The third kappa shape index (κ3) is 4.55. The lowest BCUT2D eigenvalue weighted by Gasteiger charge is -2.09.